The molecule has 0 bridgehead atoms. The molecule has 2 aromatic carbocycles. The summed E-state index contributed by atoms with van der Waals surface area (Å²) in [5, 5.41) is 22.0. The average Bonchev–Trinajstić information content (AvgIpc) is 3.89. The molecule has 0 aliphatic heterocycles. The molecule has 0 aliphatic rings. The van der Waals surface area contributed by atoms with Crippen LogP contribution in [0.4, 0.5) is 66.7 Å². The van der Waals surface area contributed by atoms with Gasteiger partial charge in [-0.05, 0) is 42.5 Å². The summed E-state index contributed by atoms with van der Waals surface area (Å²) in [6, 6.07) is 9.41. The van der Waals surface area contributed by atoms with Gasteiger partial charge in [0, 0.05) is 20.2 Å². The summed E-state index contributed by atoms with van der Waals surface area (Å²) in [6.07, 6.45) is -9.41. The molecule has 294 valence electrons. The Kier molecular flexibility index (Phi) is 11.3. The lowest BCUT2D eigenvalue weighted by molar-refractivity contribution is -0.383. The Morgan fingerprint density at radius 2 is 1.07 bits per heavy atom. The highest BCUT2D eigenvalue weighted by molar-refractivity contribution is 7.18. The second kappa shape index (κ2) is 15.4. The molecule has 2 amide bonds. The molecule has 0 radical (unpaired) electrons. The molecular formula is C32H20F10N8O4S2. The van der Waals surface area contributed by atoms with Crippen molar-refractivity contribution in [3.05, 3.63) is 115 Å². The number of nitro groups is 1. The van der Waals surface area contributed by atoms with Gasteiger partial charge in [0.25, 0.3) is 17.5 Å². The van der Waals surface area contributed by atoms with E-state index < -0.39 is 80.8 Å². The first-order valence-electron chi connectivity index (χ1n) is 15.0. The summed E-state index contributed by atoms with van der Waals surface area (Å²) in [5.41, 5.74) is 1.26. The fourth-order valence-electron chi connectivity index (χ4n) is 4.75. The van der Waals surface area contributed by atoms with Gasteiger partial charge in [-0.3, -0.25) is 29.1 Å². The fourth-order valence-corrected chi connectivity index (χ4v) is 6.84. The van der Waals surface area contributed by atoms with Gasteiger partial charge in [0.05, 0.1) is 36.6 Å². The summed E-state index contributed by atoms with van der Waals surface area (Å²) in [5.74, 6) is -5.96. The quantitative estimate of drug-likeness (QED) is 0.0822. The van der Waals surface area contributed by atoms with Crippen molar-refractivity contribution in [3.63, 3.8) is 0 Å². The molecule has 0 atom stereocenters. The predicted octanol–water partition coefficient (Wildman–Crippen LogP) is 8.89. The minimum absolute atomic E-state index is 0.0279. The van der Waals surface area contributed by atoms with Gasteiger partial charge in [-0.25, -0.2) is 17.6 Å². The third-order valence-corrected chi connectivity index (χ3v) is 9.64. The van der Waals surface area contributed by atoms with E-state index in [1.807, 2.05) is 5.32 Å². The minimum atomic E-state index is -4.77. The van der Waals surface area contributed by atoms with Gasteiger partial charge in [0.2, 0.25) is 0 Å². The van der Waals surface area contributed by atoms with E-state index >= 15 is 0 Å². The topological polar surface area (TPSA) is 163 Å². The van der Waals surface area contributed by atoms with Crippen LogP contribution in [0.15, 0.2) is 60.7 Å². The van der Waals surface area contributed by atoms with Crippen LogP contribution in [0.1, 0.15) is 30.7 Å². The van der Waals surface area contributed by atoms with E-state index in [4.69, 9.17) is 5.73 Å². The molecule has 0 saturated heterocycles. The summed E-state index contributed by atoms with van der Waals surface area (Å²) in [7, 11) is 2.46. The number of halogens is 10. The third-order valence-electron chi connectivity index (χ3n) is 7.33. The van der Waals surface area contributed by atoms with Crippen LogP contribution >= 0.6 is 22.7 Å². The monoisotopic (exact) mass is 834 g/mol. The Bertz CT molecular complexity index is 2450. The number of aromatic nitrogens is 4. The zero-order valence-electron chi connectivity index (χ0n) is 27.8. The van der Waals surface area contributed by atoms with Gasteiger partial charge in [-0.2, -0.15) is 36.5 Å². The first-order valence-corrected chi connectivity index (χ1v) is 16.6. The first kappa shape index (κ1) is 40.9. The number of nitrogen functional groups attached to an aromatic ring is 1. The molecule has 0 fully saturated rings. The van der Waals surface area contributed by atoms with E-state index in [0.717, 1.165) is 76.3 Å². The average molecular weight is 835 g/mol. The van der Waals surface area contributed by atoms with Crippen LogP contribution in [-0.2, 0) is 26.4 Å². The number of carbonyl (C=O) groups is 2. The van der Waals surface area contributed by atoms with Crippen molar-refractivity contribution in [2.24, 2.45) is 14.1 Å². The molecule has 0 spiro atoms. The van der Waals surface area contributed by atoms with Gasteiger partial charge in [0.1, 0.15) is 39.5 Å². The number of hydrogen-bond acceptors (Lipinski definition) is 9. The lowest BCUT2D eigenvalue weighted by atomic mass is 10.2. The highest BCUT2D eigenvalue weighted by atomic mass is 32.1. The number of amides is 2. The van der Waals surface area contributed by atoms with Gasteiger partial charge >= 0.3 is 12.4 Å². The molecule has 4 heterocycles. The normalized spacial score (nSPS) is 11.6. The van der Waals surface area contributed by atoms with E-state index in [2.05, 4.69) is 15.5 Å². The van der Waals surface area contributed by atoms with Crippen molar-refractivity contribution in [2.75, 3.05) is 16.4 Å². The van der Waals surface area contributed by atoms with Crippen LogP contribution < -0.4 is 16.4 Å². The van der Waals surface area contributed by atoms with E-state index in [0.29, 0.717) is 17.4 Å². The van der Waals surface area contributed by atoms with Crippen molar-refractivity contribution in [1.82, 2.24) is 19.6 Å². The zero-order valence-corrected chi connectivity index (χ0v) is 29.4. The number of nitrogens with one attached hydrogen (secondary N) is 2. The number of alkyl halides is 6. The van der Waals surface area contributed by atoms with Crippen molar-refractivity contribution in [2.45, 2.75) is 12.4 Å². The van der Waals surface area contributed by atoms with E-state index in [9.17, 15) is 63.6 Å². The fraction of sp³-hybridized carbons (Fsp3) is 0.125. The van der Waals surface area contributed by atoms with Crippen LogP contribution in [0.5, 0.6) is 0 Å². The maximum Gasteiger partial charge on any atom is 0.435 e. The molecular weight excluding hydrogens is 815 g/mol. The maximum absolute atomic E-state index is 13.7. The van der Waals surface area contributed by atoms with Crippen molar-refractivity contribution in [1.29, 1.82) is 0 Å². The highest BCUT2D eigenvalue weighted by Crippen LogP contribution is 2.41. The zero-order chi connectivity index (χ0) is 41.4. The Balaban J connectivity index is 0.000000215. The van der Waals surface area contributed by atoms with E-state index in [1.165, 1.54) is 13.1 Å². The number of thiophene rings is 2. The lowest BCUT2D eigenvalue weighted by Crippen LogP contribution is -2.12. The SMILES string of the molecule is Cn1nc(C(F)(F)F)cc1-c1sc(C(=O)Nc2c(F)cccc2F)cc1N.Cn1nc(C(F)(F)F)cc1-c1sc(C(=O)Nc2c(F)cccc2F)cc1[N+](=O)[O-]. The van der Waals surface area contributed by atoms with E-state index in [-0.39, 0.29) is 36.6 Å². The Labute approximate surface area is 313 Å². The number of hydrogen-bond donors (Lipinski definition) is 3. The van der Waals surface area contributed by atoms with Gasteiger partial charge in [-0.15, -0.1) is 22.7 Å². The summed E-state index contributed by atoms with van der Waals surface area (Å²) in [4.78, 5) is 34.6. The number of nitrogens with two attached hydrogens (primary N) is 1. The molecule has 56 heavy (non-hydrogen) atoms. The van der Waals surface area contributed by atoms with Crippen molar-refractivity contribution >= 4 is 57.2 Å². The number of benzene rings is 2. The molecule has 0 unspecified atom stereocenters. The number of aryl methyl sites for hydroxylation is 2. The van der Waals surface area contributed by atoms with Gasteiger partial charge in [0.15, 0.2) is 11.4 Å². The molecule has 4 N–H and O–H groups in total. The van der Waals surface area contributed by atoms with Gasteiger partial charge in [-0.1, -0.05) is 12.1 Å². The number of rotatable bonds is 7. The minimum Gasteiger partial charge on any atom is -0.397 e. The summed E-state index contributed by atoms with van der Waals surface area (Å²) >= 11 is 1.27. The Morgan fingerprint density at radius 3 is 1.45 bits per heavy atom. The maximum atomic E-state index is 13.7. The molecule has 0 saturated carbocycles. The number of carbonyl (C=O) groups excluding carboxylic acids is 2. The third kappa shape index (κ3) is 8.64. The molecule has 6 aromatic rings. The van der Waals surface area contributed by atoms with Crippen LogP contribution in [0.25, 0.3) is 21.1 Å². The van der Waals surface area contributed by atoms with Crippen LogP contribution in [-0.4, -0.2) is 36.3 Å². The molecule has 24 heteroatoms. The second-order valence-electron chi connectivity index (χ2n) is 11.2. The largest absolute Gasteiger partial charge is 0.435 e. The number of para-hydroxylation sites is 2. The molecule has 0 aliphatic carbocycles. The summed E-state index contributed by atoms with van der Waals surface area (Å²) < 4.78 is 133. The first-order chi connectivity index (χ1) is 26.1. The van der Waals surface area contributed by atoms with Crippen LogP contribution in [0.3, 0.4) is 0 Å². The standard InChI is InChI=1S/C16H9F5N4O3S.C16H11F5N4OS/c1-24-9(6-12(23-24)16(19,20)21)14-10(25(27)28)5-11(29-14)15(26)22-13-7(17)3-2-4-8(13)18;1-25-10(6-12(24-25)16(19,20)21)14-9(22)5-11(27-14)15(26)23-13-7(17)3-2-4-8(13)18/h2-6H,1H3,(H,22,26);2-6H,22H2,1H3,(H,23,26). The van der Waals surface area contributed by atoms with Crippen LogP contribution in [0.2, 0.25) is 0 Å². The smallest absolute Gasteiger partial charge is 0.397 e. The Hall–Kier alpha value is -6.30. The highest BCUT2D eigenvalue weighted by Gasteiger charge is 2.37. The predicted molar refractivity (Wildman–Crippen MR) is 183 cm³/mol. The van der Waals surface area contributed by atoms with Crippen LogP contribution in [0, 0.1) is 33.4 Å². The summed E-state index contributed by atoms with van der Waals surface area (Å²) in [6.45, 7) is 0. The lowest BCUT2D eigenvalue weighted by Gasteiger charge is -2.05. The number of nitrogens with zero attached hydrogens (tertiary/aromatic N) is 5. The van der Waals surface area contributed by atoms with E-state index in [1.54, 1.807) is 0 Å². The van der Waals surface area contributed by atoms with Gasteiger partial charge < -0.3 is 16.4 Å². The van der Waals surface area contributed by atoms with Crippen molar-refractivity contribution in [3.8, 4) is 21.1 Å². The molecule has 6 rings (SSSR count). The molecule has 4 aromatic heterocycles. The Morgan fingerprint density at radius 1 is 0.696 bits per heavy atom. The second-order valence-corrected chi connectivity index (χ2v) is 13.3. The number of anilines is 3. The molecule has 12 nitrogen and oxygen atoms in total. The van der Waals surface area contributed by atoms with Crippen molar-refractivity contribution < 1.29 is 58.4 Å².